The van der Waals surface area contributed by atoms with Crippen molar-refractivity contribution >= 4 is 11.9 Å². The second kappa shape index (κ2) is 33.1. The van der Waals surface area contributed by atoms with Crippen LogP contribution < -0.4 is 0 Å². The van der Waals surface area contributed by atoms with Gasteiger partial charge in [-0.1, -0.05) is 167 Å². The lowest BCUT2D eigenvalue weighted by Crippen LogP contribution is -2.11. The Hall–Kier alpha value is -1.12. The number of unbranched alkanes of at least 4 members (excludes halogenated alkanes) is 25. The first-order valence-corrected chi connectivity index (χ1v) is 17.6. The molecule has 0 aliphatic carbocycles. The van der Waals surface area contributed by atoms with Crippen molar-refractivity contribution in [3.8, 4) is 0 Å². The molecule has 0 atom stereocenters. The Bertz CT molecular complexity index is 539. The number of hydrogen-bond acceptors (Lipinski definition) is 3. The van der Waals surface area contributed by atoms with Crippen LogP contribution in [0.3, 0.4) is 0 Å². The largest absolute Gasteiger partial charge is 0.393 e. The van der Waals surface area contributed by atoms with Crippen molar-refractivity contribution in [1.29, 1.82) is 0 Å². The average Bonchev–Trinajstić information content (AvgIpc) is 2.93. The molecule has 0 radical (unpaired) electrons. The molecule has 3 nitrogen and oxygen atoms in total. The second-order valence-electron chi connectivity index (χ2n) is 11.9. The minimum Gasteiger partial charge on any atom is -0.393 e. The Morgan fingerprint density at radius 2 is 0.641 bits per heavy atom. The third kappa shape index (κ3) is 33.0. The molecule has 0 amide bonds. The van der Waals surface area contributed by atoms with Gasteiger partial charge in [-0.05, 0) is 38.5 Å². The van der Waals surface area contributed by atoms with E-state index in [9.17, 15) is 9.59 Å². The van der Waals surface area contributed by atoms with E-state index in [1.54, 1.807) is 0 Å². The molecular formula is C36H68O3. The predicted octanol–water partition coefficient (Wildman–Crippen LogP) is 12.4. The minimum atomic E-state index is -0.335. The van der Waals surface area contributed by atoms with Gasteiger partial charge in [-0.3, -0.25) is 9.59 Å². The fourth-order valence-electron chi connectivity index (χ4n) is 5.21. The molecule has 0 fully saturated rings. The molecule has 230 valence electrons. The molecule has 0 aromatic carbocycles. The average molecular weight is 549 g/mol. The van der Waals surface area contributed by atoms with Gasteiger partial charge >= 0.3 is 11.9 Å². The summed E-state index contributed by atoms with van der Waals surface area (Å²) >= 11 is 0. The van der Waals surface area contributed by atoms with Crippen molar-refractivity contribution in [2.24, 2.45) is 0 Å². The summed E-state index contributed by atoms with van der Waals surface area (Å²) in [5.74, 6) is -0.666. The van der Waals surface area contributed by atoms with Gasteiger partial charge < -0.3 is 4.74 Å². The zero-order valence-corrected chi connectivity index (χ0v) is 26.6. The lowest BCUT2D eigenvalue weighted by molar-refractivity contribution is -0.159. The quantitative estimate of drug-likeness (QED) is 0.0374. The van der Waals surface area contributed by atoms with Gasteiger partial charge in [0.2, 0.25) is 0 Å². The molecular weight excluding hydrogens is 480 g/mol. The summed E-state index contributed by atoms with van der Waals surface area (Å²) in [6, 6.07) is 0. The smallest absolute Gasteiger partial charge is 0.313 e. The van der Waals surface area contributed by atoms with Gasteiger partial charge in [-0.25, -0.2) is 0 Å². The van der Waals surface area contributed by atoms with Crippen LogP contribution in [0.5, 0.6) is 0 Å². The summed E-state index contributed by atoms with van der Waals surface area (Å²) < 4.78 is 5.00. The van der Waals surface area contributed by atoms with E-state index in [1.165, 1.54) is 148 Å². The van der Waals surface area contributed by atoms with Crippen molar-refractivity contribution < 1.29 is 14.3 Å². The van der Waals surface area contributed by atoms with E-state index in [4.69, 9.17) is 4.74 Å². The standard InChI is InChI=1S/C36H68O3/c1-3-5-7-9-11-13-15-17-19-21-23-25-27-29-31-33-35(37)39-36(38)34-32-30-28-26-24-22-20-18-16-14-12-10-8-6-4-2/h17,19H,3-16,18,20-34H2,1-2H3. The highest BCUT2D eigenvalue weighted by molar-refractivity contribution is 5.85. The van der Waals surface area contributed by atoms with E-state index in [0.717, 1.165) is 32.1 Å². The van der Waals surface area contributed by atoms with E-state index in [1.807, 2.05) is 0 Å². The lowest BCUT2D eigenvalue weighted by Gasteiger charge is -2.04. The van der Waals surface area contributed by atoms with Crippen molar-refractivity contribution in [3.63, 3.8) is 0 Å². The molecule has 0 N–H and O–H groups in total. The molecule has 0 aromatic heterocycles. The Morgan fingerprint density at radius 3 is 0.949 bits per heavy atom. The van der Waals surface area contributed by atoms with Crippen LogP contribution >= 0.6 is 0 Å². The SMILES string of the molecule is CCCCCCCCC=CCCCCCCCC(=O)OC(=O)CCCCCCCCCCCCCCCCC. The van der Waals surface area contributed by atoms with Gasteiger partial charge in [-0.15, -0.1) is 0 Å². The molecule has 0 bridgehead atoms. The Balaban J connectivity index is 3.32. The van der Waals surface area contributed by atoms with Crippen LogP contribution in [0.4, 0.5) is 0 Å². The fraction of sp³-hybridized carbons (Fsp3) is 0.889. The van der Waals surface area contributed by atoms with E-state index in [0.29, 0.717) is 12.8 Å². The van der Waals surface area contributed by atoms with Gasteiger partial charge in [0.25, 0.3) is 0 Å². The van der Waals surface area contributed by atoms with Gasteiger partial charge in [0.1, 0.15) is 0 Å². The molecule has 0 saturated carbocycles. The van der Waals surface area contributed by atoms with E-state index >= 15 is 0 Å². The van der Waals surface area contributed by atoms with Crippen molar-refractivity contribution in [1.82, 2.24) is 0 Å². The Morgan fingerprint density at radius 1 is 0.385 bits per heavy atom. The number of carbonyl (C=O) groups is 2. The Kier molecular flexibility index (Phi) is 32.1. The molecule has 0 rings (SSSR count). The minimum absolute atomic E-state index is 0.331. The molecule has 39 heavy (non-hydrogen) atoms. The van der Waals surface area contributed by atoms with Crippen molar-refractivity contribution in [2.75, 3.05) is 0 Å². The molecule has 0 aromatic rings. The zero-order chi connectivity index (χ0) is 28.5. The summed E-state index contributed by atoms with van der Waals surface area (Å²) in [5.41, 5.74) is 0. The number of ether oxygens (including phenoxy) is 1. The number of esters is 2. The van der Waals surface area contributed by atoms with Gasteiger partial charge in [0.05, 0.1) is 0 Å². The second-order valence-corrected chi connectivity index (χ2v) is 11.9. The van der Waals surface area contributed by atoms with Crippen LogP contribution in [0, 0.1) is 0 Å². The maximum Gasteiger partial charge on any atom is 0.313 e. The third-order valence-corrected chi connectivity index (χ3v) is 7.85. The summed E-state index contributed by atoms with van der Waals surface area (Å²) in [6.07, 6.45) is 41.2. The predicted molar refractivity (Wildman–Crippen MR) is 170 cm³/mol. The first kappa shape index (κ1) is 37.9. The normalized spacial score (nSPS) is 11.4. The Labute approximate surface area is 244 Å². The molecule has 0 heterocycles. The summed E-state index contributed by atoms with van der Waals surface area (Å²) in [4.78, 5) is 23.8. The molecule has 0 aliphatic rings. The molecule has 0 aliphatic heterocycles. The van der Waals surface area contributed by atoms with E-state index in [2.05, 4.69) is 26.0 Å². The molecule has 0 spiro atoms. The van der Waals surface area contributed by atoms with Gasteiger partial charge in [-0.2, -0.15) is 0 Å². The van der Waals surface area contributed by atoms with Gasteiger partial charge in [0.15, 0.2) is 0 Å². The highest BCUT2D eigenvalue weighted by Gasteiger charge is 2.09. The van der Waals surface area contributed by atoms with Crippen LogP contribution in [0.2, 0.25) is 0 Å². The summed E-state index contributed by atoms with van der Waals surface area (Å²) in [5, 5.41) is 0. The number of carbonyl (C=O) groups excluding carboxylic acids is 2. The summed E-state index contributed by atoms with van der Waals surface area (Å²) in [6.45, 7) is 4.54. The van der Waals surface area contributed by atoms with Crippen molar-refractivity contribution in [2.45, 2.75) is 206 Å². The third-order valence-electron chi connectivity index (χ3n) is 7.85. The zero-order valence-electron chi connectivity index (χ0n) is 26.6. The lowest BCUT2D eigenvalue weighted by atomic mass is 10.0. The van der Waals surface area contributed by atoms with Crippen LogP contribution in [0.15, 0.2) is 12.2 Å². The number of allylic oxidation sites excluding steroid dienone is 2. The topological polar surface area (TPSA) is 43.4 Å². The monoisotopic (exact) mass is 549 g/mol. The number of rotatable bonds is 31. The molecule has 0 saturated heterocycles. The highest BCUT2D eigenvalue weighted by atomic mass is 16.6. The molecule has 0 unspecified atom stereocenters. The van der Waals surface area contributed by atoms with Crippen LogP contribution in [0.25, 0.3) is 0 Å². The van der Waals surface area contributed by atoms with Crippen molar-refractivity contribution in [3.05, 3.63) is 12.2 Å². The fourth-order valence-corrected chi connectivity index (χ4v) is 5.21. The first-order chi connectivity index (χ1) is 19.2. The maximum atomic E-state index is 11.9. The van der Waals surface area contributed by atoms with E-state index < -0.39 is 0 Å². The highest BCUT2D eigenvalue weighted by Crippen LogP contribution is 2.14. The van der Waals surface area contributed by atoms with Crippen LogP contribution in [0.1, 0.15) is 206 Å². The van der Waals surface area contributed by atoms with E-state index in [-0.39, 0.29) is 11.9 Å². The van der Waals surface area contributed by atoms with Gasteiger partial charge in [0, 0.05) is 12.8 Å². The van der Waals surface area contributed by atoms with Crippen LogP contribution in [-0.2, 0) is 14.3 Å². The molecule has 3 heteroatoms. The summed E-state index contributed by atoms with van der Waals surface area (Å²) in [7, 11) is 0. The maximum absolute atomic E-state index is 11.9. The first-order valence-electron chi connectivity index (χ1n) is 17.6. The number of hydrogen-bond donors (Lipinski definition) is 0. The van der Waals surface area contributed by atoms with Crippen LogP contribution in [-0.4, -0.2) is 11.9 Å².